The maximum absolute atomic E-state index is 11.1. The minimum Gasteiger partial charge on any atom is -0.496 e. The van der Waals surface area contributed by atoms with Gasteiger partial charge in [0.15, 0.2) is 6.10 Å². The number of halogens is 1. The predicted molar refractivity (Wildman–Crippen MR) is 57.7 cm³/mol. The zero-order valence-corrected chi connectivity index (χ0v) is 9.95. The number of methoxy groups -OCH3 is 2. The van der Waals surface area contributed by atoms with E-state index in [0.717, 1.165) is 4.47 Å². The first-order chi connectivity index (χ1) is 7.10. The van der Waals surface area contributed by atoms with E-state index in [1.165, 1.54) is 14.2 Å². The number of ether oxygens (including phenoxy) is 2. The van der Waals surface area contributed by atoms with E-state index in [-0.39, 0.29) is 0 Å². The van der Waals surface area contributed by atoms with Gasteiger partial charge in [0.1, 0.15) is 5.75 Å². The molecule has 5 heteroatoms. The molecule has 0 bridgehead atoms. The summed E-state index contributed by atoms with van der Waals surface area (Å²) < 4.78 is 10.2. The predicted octanol–water partition coefficient (Wildman–Crippen LogP) is 1.66. The second kappa shape index (κ2) is 5.14. The molecule has 0 heterocycles. The van der Waals surface area contributed by atoms with Gasteiger partial charge in [0, 0.05) is 0 Å². The van der Waals surface area contributed by atoms with E-state index in [1.807, 2.05) is 0 Å². The van der Waals surface area contributed by atoms with Crippen LogP contribution in [0.4, 0.5) is 0 Å². The van der Waals surface area contributed by atoms with Crippen LogP contribution in [0.1, 0.15) is 11.7 Å². The van der Waals surface area contributed by atoms with Crippen molar-refractivity contribution in [2.75, 3.05) is 14.2 Å². The third kappa shape index (κ3) is 2.70. The minimum absolute atomic E-state index is 0.432. The summed E-state index contributed by atoms with van der Waals surface area (Å²) in [5.74, 6) is -0.144. The fourth-order valence-corrected chi connectivity index (χ4v) is 1.50. The second-order valence-electron chi connectivity index (χ2n) is 2.82. The molecule has 0 aliphatic heterocycles. The lowest BCUT2D eigenvalue weighted by molar-refractivity contribution is -0.150. The lowest BCUT2D eigenvalue weighted by atomic mass is 10.1. The third-order valence-electron chi connectivity index (χ3n) is 1.92. The van der Waals surface area contributed by atoms with Gasteiger partial charge in [-0.25, -0.2) is 4.79 Å². The Balaban J connectivity index is 3.00. The summed E-state index contributed by atoms with van der Waals surface area (Å²) in [5, 5.41) is 9.55. The number of aliphatic hydroxyl groups is 1. The molecule has 1 rings (SSSR count). The summed E-state index contributed by atoms with van der Waals surface area (Å²) in [6.45, 7) is 0. The smallest absolute Gasteiger partial charge is 0.339 e. The first-order valence-corrected chi connectivity index (χ1v) is 4.98. The summed E-state index contributed by atoms with van der Waals surface area (Å²) in [5.41, 5.74) is 0.432. The third-order valence-corrected chi connectivity index (χ3v) is 2.57. The van der Waals surface area contributed by atoms with Crippen LogP contribution in [-0.4, -0.2) is 25.3 Å². The lowest BCUT2D eigenvalue weighted by Crippen LogP contribution is -2.13. The van der Waals surface area contributed by atoms with Crippen molar-refractivity contribution in [2.24, 2.45) is 0 Å². The number of carbonyl (C=O) groups excluding carboxylic acids is 1. The van der Waals surface area contributed by atoms with E-state index in [0.29, 0.717) is 11.3 Å². The number of rotatable bonds is 3. The first kappa shape index (κ1) is 12.0. The highest BCUT2D eigenvalue weighted by Gasteiger charge is 2.18. The maximum Gasteiger partial charge on any atom is 0.339 e. The summed E-state index contributed by atoms with van der Waals surface area (Å²) in [7, 11) is 2.73. The van der Waals surface area contributed by atoms with E-state index in [4.69, 9.17) is 4.74 Å². The molecule has 1 atom stereocenters. The average Bonchev–Trinajstić information content (AvgIpc) is 2.27. The molecular weight excluding hydrogens is 264 g/mol. The highest BCUT2D eigenvalue weighted by atomic mass is 79.9. The first-order valence-electron chi connectivity index (χ1n) is 4.19. The summed E-state index contributed by atoms with van der Waals surface area (Å²) in [6.07, 6.45) is -1.28. The van der Waals surface area contributed by atoms with E-state index in [1.54, 1.807) is 18.2 Å². The Bertz CT molecular complexity index is 364. The SMILES string of the molecule is COC(=O)C(O)c1ccc(Br)c(OC)c1. The van der Waals surface area contributed by atoms with Crippen molar-refractivity contribution in [1.29, 1.82) is 0 Å². The monoisotopic (exact) mass is 274 g/mol. The Morgan fingerprint density at radius 2 is 2.13 bits per heavy atom. The molecule has 1 unspecified atom stereocenters. The standard InChI is InChI=1S/C10H11BrO4/c1-14-8-5-6(3-4-7(8)11)9(12)10(13)15-2/h3-5,9,12H,1-2H3. The van der Waals surface area contributed by atoms with Gasteiger partial charge in [-0.05, 0) is 33.6 Å². The molecule has 1 aromatic carbocycles. The number of aliphatic hydroxyl groups excluding tert-OH is 1. The molecule has 0 amide bonds. The van der Waals surface area contributed by atoms with Gasteiger partial charge in [0.2, 0.25) is 0 Å². The molecule has 0 aromatic heterocycles. The minimum atomic E-state index is -1.28. The van der Waals surface area contributed by atoms with Crippen LogP contribution >= 0.6 is 15.9 Å². The van der Waals surface area contributed by atoms with E-state index < -0.39 is 12.1 Å². The van der Waals surface area contributed by atoms with Crippen molar-refractivity contribution in [2.45, 2.75) is 6.10 Å². The van der Waals surface area contributed by atoms with Crippen molar-refractivity contribution in [1.82, 2.24) is 0 Å². The zero-order chi connectivity index (χ0) is 11.4. The number of esters is 1. The van der Waals surface area contributed by atoms with Crippen molar-refractivity contribution in [3.63, 3.8) is 0 Å². The van der Waals surface area contributed by atoms with Crippen molar-refractivity contribution < 1.29 is 19.4 Å². The molecule has 0 aliphatic rings. The lowest BCUT2D eigenvalue weighted by Gasteiger charge is -2.10. The largest absolute Gasteiger partial charge is 0.496 e. The summed E-state index contributed by atoms with van der Waals surface area (Å²) in [6, 6.07) is 4.89. The number of hydrogen-bond donors (Lipinski definition) is 1. The average molecular weight is 275 g/mol. The number of hydrogen-bond acceptors (Lipinski definition) is 4. The van der Waals surface area contributed by atoms with Crippen molar-refractivity contribution in [3.05, 3.63) is 28.2 Å². The van der Waals surface area contributed by atoms with Crippen LogP contribution < -0.4 is 4.74 Å². The van der Waals surface area contributed by atoms with E-state index >= 15 is 0 Å². The van der Waals surface area contributed by atoms with Crippen LogP contribution in [0.15, 0.2) is 22.7 Å². The fourth-order valence-electron chi connectivity index (χ4n) is 1.09. The molecule has 0 aliphatic carbocycles. The maximum atomic E-state index is 11.1. The highest BCUT2D eigenvalue weighted by molar-refractivity contribution is 9.10. The molecule has 82 valence electrons. The van der Waals surface area contributed by atoms with Gasteiger partial charge in [0.05, 0.1) is 18.7 Å². The molecule has 1 N–H and O–H groups in total. The Hall–Kier alpha value is -1.07. The molecular formula is C10H11BrO4. The Morgan fingerprint density at radius 1 is 1.47 bits per heavy atom. The molecule has 0 spiro atoms. The summed E-state index contributed by atoms with van der Waals surface area (Å²) >= 11 is 3.27. The summed E-state index contributed by atoms with van der Waals surface area (Å²) in [4.78, 5) is 11.1. The molecule has 0 saturated heterocycles. The molecule has 0 saturated carbocycles. The Kier molecular flexibility index (Phi) is 4.11. The molecule has 1 aromatic rings. The quantitative estimate of drug-likeness (QED) is 0.852. The Labute approximate surface area is 95.9 Å². The van der Waals surface area contributed by atoms with Crippen LogP contribution in [0.5, 0.6) is 5.75 Å². The van der Waals surface area contributed by atoms with Crippen molar-refractivity contribution >= 4 is 21.9 Å². The highest BCUT2D eigenvalue weighted by Crippen LogP contribution is 2.28. The van der Waals surface area contributed by atoms with Crippen LogP contribution in [0.25, 0.3) is 0 Å². The van der Waals surface area contributed by atoms with Crippen molar-refractivity contribution in [3.8, 4) is 5.75 Å². The van der Waals surface area contributed by atoms with Crippen LogP contribution in [-0.2, 0) is 9.53 Å². The zero-order valence-electron chi connectivity index (χ0n) is 8.36. The normalized spacial score (nSPS) is 12.0. The number of benzene rings is 1. The fraction of sp³-hybridized carbons (Fsp3) is 0.300. The van der Waals surface area contributed by atoms with Gasteiger partial charge in [-0.3, -0.25) is 0 Å². The van der Waals surface area contributed by atoms with Gasteiger partial charge in [0.25, 0.3) is 0 Å². The molecule has 15 heavy (non-hydrogen) atoms. The van der Waals surface area contributed by atoms with E-state index in [2.05, 4.69) is 20.7 Å². The topological polar surface area (TPSA) is 55.8 Å². The van der Waals surface area contributed by atoms with Gasteiger partial charge in [-0.15, -0.1) is 0 Å². The van der Waals surface area contributed by atoms with E-state index in [9.17, 15) is 9.90 Å². The van der Waals surface area contributed by atoms with Gasteiger partial charge >= 0.3 is 5.97 Å². The van der Waals surface area contributed by atoms with Gasteiger partial charge < -0.3 is 14.6 Å². The molecule has 0 radical (unpaired) electrons. The second-order valence-corrected chi connectivity index (χ2v) is 3.67. The van der Waals surface area contributed by atoms with Crippen LogP contribution in [0.3, 0.4) is 0 Å². The van der Waals surface area contributed by atoms with Crippen LogP contribution in [0.2, 0.25) is 0 Å². The molecule has 0 fully saturated rings. The number of carbonyl (C=O) groups is 1. The molecule has 4 nitrogen and oxygen atoms in total. The van der Waals surface area contributed by atoms with Gasteiger partial charge in [-0.1, -0.05) is 6.07 Å². The Morgan fingerprint density at radius 3 is 2.67 bits per heavy atom. The van der Waals surface area contributed by atoms with Gasteiger partial charge in [-0.2, -0.15) is 0 Å². The van der Waals surface area contributed by atoms with Crippen LogP contribution in [0, 0.1) is 0 Å².